The Labute approximate surface area is 164 Å². The van der Waals surface area contributed by atoms with Crippen LogP contribution in [-0.4, -0.2) is 46.9 Å². The van der Waals surface area contributed by atoms with Gasteiger partial charge in [-0.3, -0.25) is 0 Å². The minimum Gasteiger partial charge on any atom is -0.496 e. The third-order valence-corrected chi connectivity index (χ3v) is 4.26. The summed E-state index contributed by atoms with van der Waals surface area (Å²) in [5.74, 6) is 2.42. The lowest BCUT2D eigenvalue weighted by Crippen LogP contribution is -2.07. The van der Waals surface area contributed by atoms with E-state index in [1.54, 1.807) is 19.6 Å². The summed E-state index contributed by atoms with van der Waals surface area (Å²) in [6, 6.07) is 13.8. The number of aliphatic hydroxyl groups excluding tert-OH is 1. The normalized spacial score (nSPS) is 10.5. The van der Waals surface area contributed by atoms with E-state index in [1.807, 2.05) is 36.4 Å². The van der Waals surface area contributed by atoms with Crippen LogP contribution in [0.15, 0.2) is 55.0 Å². The highest BCUT2D eigenvalue weighted by atomic mass is 16.5. The Morgan fingerprint density at radius 2 is 1.79 bits per heavy atom. The lowest BCUT2D eigenvalue weighted by atomic mass is 10.1. The molecule has 0 unspecified atom stereocenters. The number of hydrogen-bond donors (Lipinski definition) is 3. The highest BCUT2D eigenvalue weighted by molar-refractivity contribution is 5.65. The van der Waals surface area contributed by atoms with Crippen LogP contribution in [0.25, 0.3) is 11.3 Å². The number of nitrogens with one attached hydrogen (secondary N) is 2. The molecule has 0 amide bonds. The van der Waals surface area contributed by atoms with Gasteiger partial charge in [-0.2, -0.15) is 0 Å². The zero-order chi connectivity index (χ0) is 19.6. The summed E-state index contributed by atoms with van der Waals surface area (Å²) in [4.78, 5) is 13.0. The molecule has 0 bridgehead atoms. The molecule has 0 spiro atoms. The molecule has 0 saturated heterocycles. The fraction of sp³-hybridized carbons (Fsp3) is 0.286. The number of benzene rings is 1. The molecule has 0 fully saturated rings. The predicted molar refractivity (Wildman–Crippen MR) is 111 cm³/mol. The molecule has 0 aliphatic heterocycles. The van der Waals surface area contributed by atoms with Crippen molar-refractivity contribution in [2.24, 2.45) is 0 Å². The highest BCUT2D eigenvalue weighted by Crippen LogP contribution is 2.21. The molecule has 146 valence electrons. The van der Waals surface area contributed by atoms with E-state index in [9.17, 15) is 0 Å². The number of aromatic nitrogens is 3. The fourth-order valence-corrected chi connectivity index (χ4v) is 2.83. The van der Waals surface area contributed by atoms with Gasteiger partial charge in [0.05, 0.1) is 12.8 Å². The second kappa shape index (κ2) is 10.2. The molecule has 7 nitrogen and oxygen atoms in total. The van der Waals surface area contributed by atoms with Crippen LogP contribution in [0.2, 0.25) is 0 Å². The van der Waals surface area contributed by atoms with E-state index in [0.29, 0.717) is 13.0 Å². The summed E-state index contributed by atoms with van der Waals surface area (Å²) in [5, 5.41) is 15.4. The van der Waals surface area contributed by atoms with Gasteiger partial charge in [0.25, 0.3) is 0 Å². The minimum absolute atomic E-state index is 0.155. The Bertz CT molecular complexity index is 888. The first-order chi connectivity index (χ1) is 13.8. The molecule has 0 aliphatic rings. The number of pyridine rings is 1. The van der Waals surface area contributed by atoms with Gasteiger partial charge in [-0.05, 0) is 36.6 Å². The summed E-state index contributed by atoms with van der Waals surface area (Å²) < 4.78 is 5.39. The number of methoxy groups -OCH3 is 1. The second-order valence-electron chi connectivity index (χ2n) is 6.21. The Hall–Kier alpha value is -3.19. The summed E-state index contributed by atoms with van der Waals surface area (Å²) in [6.07, 6.45) is 4.81. The summed E-state index contributed by atoms with van der Waals surface area (Å²) in [7, 11) is 1.69. The number of rotatable bonds is 10. The van der Waals surface area contributed by atoms with E-state index in [0.717, 1.165) is 47.2 Å². The van der Waals surface area contributed by atoms with E-state index in [2.05, 4.69) is 31.7 Å². The van der Waals surface area contributed by atoms with Crippen LogP contribution >= 0.6 is 0 Å². The van der Waals surface area contributed by atoms with Gasteiger partial charge in [-0.25, -0.2) is 15.0 Å². The summed E-state index contributed by atoms with van der Waals surface area (Å²) in [6.45, 7) is 1.57. The Balaban J connectivity index is 1.63. The van der Waals surface area contributed by atoms with Gasteiger partial charge >= 0.3 is 0 Å². The average Bonchev–Trinajstić information content (AvgIpc) is 2.75. The van der Waals surface area contributed by atoms with Crippen molar-refractivity contribution in [2.45, 2.75) is 12.8 Å². The molecule has 1 aromatic carbocycles. The van der Waals surface area contributed by atoms with Crippen LogP contribution in [0.5, 0.6) is 5.75 Å². The third-order valence-electron chi connectivity index (χ3n) is 4.26. The molecular formula is C21H25N5O2. The van der Waals surface area contributed by atoms with Crippen LogP contribution in [0.1, 0.15) is 12.0 Å². The molecule has 3 aromatic rings. The SMILES string of the molecule is COc1ccccc1CCNc1cc(-c2ccnc(NCCCO)c2)ncn1. The van der Waals surface area contributed by atoms with Crippen molar-refractivity contribution in [1.29, 1.82) is 0 Å². The van der Waals surface area contributed by atoms with Gasteiger partial charge in [0.15, 0.2) is 0 Å². The Morgan fingerprint density at radius 3 is 2.64 bits per heavy atom. The second-order valence-corrected chi connectivity index (χ2v) is 6.21. The van der Waals surface area contributed by atoms with Crippen LogP contribution in [0, 0.1) is 0 Å². The highest BCUT2D eigenvalue weighted by Gasteiger charge is 2.05. The number of para-hydroxylation sites is 1. The van der Waals surface area contributed by atoms with Crippen LogP contribution in [-0.2, 0) is 6.42 Å². The lowest BCUT2D eigenvalue weighted by Gasteiger charge is -2.10. The maximum Gasteiger partial charge on any atom is 0.129 e. The average molecular weight is 379 g/mol. The zero-order valence-electron chi connectivity index (χ0n) is 15.9. The van der Waals surface area contributed by atoms with Gasteiger partial charge in [-0.15, -0.1) is 0 Å². The summed E-state index contributed by atoms with van der Waals surface area (Å²) in [5.41, 5.74) is 2.93. The number of anilines is 2. The van der Waals surface area contributed by atoms with E-state index in [1.165, 1.54) is 0 Å². The van der Waals surface area contributed by atoms with Gasteiger partial charge in [-0.1, -0.05) is 18.2 Å². The molecule has 2 aromatic heterocycles. The first-order valence-corrected chi connectivity index (χ1v) is 9.29. The van der Waals surface area contributed by atoms with Gasteiger partial charge in [0.1, 0.15) is 23.7 Å². The van der Waals surface area contributed by atoms with Gasteiger partial charge in [0.2, 0.25) is 0 Å². The van der Waals surface area contributed by atoms with Crippen LogP contribution < -0.4 is 15.4 Å². The molecule has 28 heavy (non-hydrogen) atoms. The number of hydrogen-bond acceptors (Lipinski definition) is 7. The standard InChI is InChI=1S/C21H25N5O2/c1-28-19-6-3-2-5-16(19)7-10-24-21-14-18(25-15-26-21)17-8-11-23-20(13-17)22-9-4-12-27/h2-3,5-6,8,11,13-15,27H,4,7,9-10,12H2,1H3,(H,22,23)(H,24,25,26). The smallest absolute Gasteiger partial charge is 0.129 e. The minimum atomic E-state index is 0.155. The molecule has 0 saturated carbocycles. The molecule has 0 atom stereocenters. The van der Waals surface area contributed by atoms with E-state index < -0.39 is 0 Å². The number of ether oxygens (including phenoxy) is 1. The molecular weight excluding hydrogens is 354 g/mol. The van der Waals surface area contributed by atoms with Gasteiger partial charge < -0.3 is 20.5 Å². The molecule has 7 heteroatoms. The quantitative estimate of drug-likeness (QED) is 0.466. The van der Waals surface area contributed by atoms with Crippen molar-refractivity contribution in [2.75, 3.05) is 37.4 Å². The molecule has 3 rings (SSSR count). The maximum absolute atomic E-state index is 8.89. The molecule has 0 radical (unpaired) electrons. The van der Waals surface area contributed by atoms with Crippen LogP contribution in [0.3, 0.4) is 0 Å². The molecule has 3 N–H and O–H groups in total. The fourth-order valence-electron chi connectivity index (χ4n) is 2.83. The Kier molecular flexibility index (Phi) is 7.14. The van der Waals surface area contributed by atoms with E-state index in [-0.39, 0.29) is 6.61 Å². The van der Waals surface area contributed by atoms with Crippen molar-refractivity contribution in [3.05, 3.63) is 60.6 Å². The third kappa shape index (κ3) is 5.40. The monoisotopic (exact) mass is 379 g/mol. The largest absolute Gasteiger partial charge is 0.496 e. The van der Waals surface area contributed by atoms with E-state index in [4.69, 9.17) is 9.84 Å². The summed E-state index contributed by atoms with van der Waals surface area (Å²) >= 11 is 0. The van der Waals surface area contributed by atoms with Crippen molar-refractivity contribution >= 4 is 11.6 Å². The topological polar surface area (TPSA) is 92.2 Å². The van der Waals surface area contributed by atoms with Gasteiger partial charge in [0, 0.05) is 37.5 Å². The van der Waals surface area contributed by atoms with Crippen molar-refractivity contribution in [3.63, 3.8) is 0 Å². The Morgan fingerprint density at radius 1 is 0.964 bits per heavy atom. The lowest BCUT2D eigenvalue weighted by molar-refractivity contribution is 0.292. The van der Waals surface area contributed by atoms with Crippen LogP contribution in [0.4, 0.5) is 11.6 Å². The maximum atomic E-state index is 8.89. The molecule has 2 heterocycles. The van der Waals surface area contributed by atoms with Crippen molar-refractivity contribution in [1.82, 2.24) is 15.0 Å². The first-order valence-electron chi connectivity index (χ1n) is 9.29. The number of nitrogens with zero attached hydrogens (tertiary/aromatic N) is 3. The zero-order valence-corrected chi connectivity index (χ0v) is 15.9. The predicted octanol–water partition coefficient (Wildman–Crippen LogP) is 3.00. The first kappa shape index (κ1) is 19.6. The van der Waals surface area contributed by atoms with Crippen molar-refractivity contribution in [3.8, 4) is 17.0 Å². The number of aliphatic hydroxyl groups is 1. The molecule has 0 aliphatic carbocycles. The van der Waals surface area contributed by atoms with Crippen molar-refractivity contribution < 1.29 is 9.84 Å². The van der Waals surface area contributed by atoms with E-state index >= 15 is 0 Å².